The number of carboxylic acid groups (broad SMARTS) is 1. The SMILES string of the molecule is CCc1c(C(=O)O)nnn1-c1ccc(OC(F)(F)F)cc1. The fraction of sp³-hybridized carbons (Fsp3) is 0.250. The summed E-state index contributed by atoms with van der Waals surface area (Å²) in [5, 5.41) is 16.2. The van der Waals surface area contributed by atoms with Crippen LogP contribution >= 0.6 is 0 Å². The first kappa shape index (κ1) is 14.8. The Morgan fingerprint density at radius 1 is 1.33 bits per heavy atom. The van der Waals surface area contributed by atoms with Gasteiger partial charge in [0.25, 0.3) is 0 Å². The average molecular weight is 301 g/mol. The standard InChI is InChI=1S/C12H10F3N3O3/c1-2-9-10(11(19)20)16-17-18(9)7-3-5-8(6-4-7)21-12(13,14)15/h3-6H,2H2,1H3,(H,19,20). The van der Waals surface area contributed by atoms with Gasteiger partial charge in [0.2, 0.25) is 0 Å². The third-order valence-electron chi connectivity index (χ3n) is 2.62. The summed E-state index contributed by atoms with van der Waals surface area (Å²) in [5.74, 6) is -1.59. The monoisotopic (exact) mass is 301 g/mol. The van der Waals surface area contributed by atoms with Crippen LogP contribution in [0.1, 0.15) is 23.1 Å². The molecule has 0 radical (unpaired) electrons. The second kappa shape index (κ2) is 5.43. The maximum Gasteiger partial charge on any atom is 0.573 e. The Bertz CT molecular complexity index is 650. The van der Waals surface area contributed by atoms with E-state index in [1.165, 1.54) is 16.8 Å². The molecule has 0 spiro atoms. The number of aromatic carboxylic acids is 1. The number of hydrogen-bond donors (Lipinski definition) is 1. The van der Waals surface area contributed by atoms with Gasteiger partial charge in [0.05, 0.1) is 11.4 Å². The summed E-state index contributed by atoms with van der Waals surface area (Å²) in [6, 6.07) is 4.90. The van der Waals surface area contributed by atoms with Crippen molar-refractivity contribution in [2.24, 2.45) is 0 Å². The molecule has 2 rings (SSSR count). The molecule has 2 aromatic rings. The van der Waals surface area contributed by atoms with E-state index < -0.39 is 12.3 Å². The molecule has 9 heteroatoms. The van der Waals surface area contributed by atoms with Gasteiger partial charge in [-0.15, -0.1) is 18.3 Å². The molecule has 1 heterocycles. The lowest BCUT2D eigenvalue weighted by molar-refractivity contribution is -0.274. The van der Waals surface area contributed by atoms with Crippen LogP contribution in [0.5, 0.6) is 5.75 Å². The minimum Gasteiger partial charge on any atom is -0.476 e. The van der Waals surface area contributed by atoms with Crippen molar-refractivity contribution in [3.8, 4) is 11.4 Å². The number of nitrogens with zero attached hydrogens (tertiary/aromatic N) is 3. The Morgan fingerprint density at radius 3 is 2.43 bits per heavy atom. The van der Waals surface area contributed by atoms with Gasteiger partial charge in [0.1, 0.15) is 5.75 Å². The molecule has 21 heavy (non-hydrogen) atoms. The summed E-state index contributed by atoms with van der Waals surface area (Å²) in [4.78, 5) is 11.0. The smallest absolute Gasteiger partial charge is 0.476 e. The predicted octanol–water partition coefficient (Wildman–Crippen LogP) is 2.43. The Labute approximate surface area is 116 Å². The van der Waals surface area contributed by atoms with Gasteiger partial charge < -0.3 is 9.84 Å². The molecular weight excluding hydrogens is 291 g/mol. The van der Waals surface area contributed by atoms with Gasteiger partial charge in [0.15, 0.2) is 5.69 Å². The van der Waals surface area contributed by atoms with Gasteiger partial charge in [-0.3, -0.25) is 0 Å². The number of carboxylic acids is 1. The highest BCUT2D eigenvalue weighted by Crippen LogP contribution is 2.24. The molecule has 0 aliphatic carbocycles. The second-order valence-electron chi connectivity index (χ2n) is 4.00. The number of carbonyl (C=O) groups is 1. The second-order valence-corrected chi connectivity index (χ2v) is 4.00. The van der Waals surface area contributed by atoms with Crippen molar-refractivity contribution in [3.05, 3.63) is 35.7 Å². The zero-order chi connectivity index (χ0) is 15.6. The van der Waals surface area contributed by atoms with Gasteiger partial charge in [-0.25, -0.2) is 9.48 Å². The molecular formula is C12H10F3N3O3. The minimum atomic E-state index is -4.76. The lowest BCUT2D eigenvalue weighted by Crippen LogP contribution is -2.17. The molecule has 1 aromatic heterocycles. The number of rotatable bonds is 4. The maximum atomic E-state index is 12.1. The van der Waals surface area contributed by atoms with Crippen molar-refractivity contribution in [2.75, 3.05) is 0 Å². The molecule has 0 atom stereocenters. The van der Waals surface area contributed by atoms with Crippen molar-refractivity contribution in [3.63, 3.8) is 0 Å². The number of halogens is 3. The number of ether oxygens (including phenoxy) is 1. The van der Waals surface area contributed by atoms with Crippen LogP contribution in [0.4, 0.5) is 13.2 Å². The number of aromatic nitrogens is 3. The Balaban J connectivity index is 2.33. The molecule has 0 unspecified atom stereocenters. The normalized spacial score (nSPS) is 11.4. The zero-order valence-electron chi connectivity index (χ0n) is 10.8. The maximum absolute atomic E-state index is 12.1. The minimum absolute atomic E-state index is 0.187. The highest BCUT2D eigenvalue weighted by molar-refractivity contribution is 5.86. The first-order chi connectivity index (χ1) is 9.81. The van der Waals surface area contributed by atoms with Crippen LogP contribution in [0.15, 0.2) is 24.3 Å². The fourth-order valence-electron chi connectivity index (χ4n) is 1.78. The highest BCUT2D eigenvalue weighted by atomic mass is 19.4. The van der Waals surface area contributed by atoms with Crippen LogP contribution in [0, 0.1) is 0 Å². The molecule has 0 aliphatic rings. The van der Waals surface area contributed by atoms with Crippen LogP contribution in [0.2, 0.25) is 0 Å². The molecule has 0 fully saturated rings. The topological polar surface area (TPSA) is 77.2 Å². The van der Waals surface area contributed by atoms with Gasteiger partial charge in [-0.1, -0.05) is 12.1 Å². The van der Waals surface area contributed by atoms with Crippen molar-refractivity contribution in [1.82, 2.24) is 15.0 Å². The molecule has 0 saturated heterocycles. The van der Waals surface area contributed by atoms with E-state index >= 15 is 0 Å². The fourth-order valence-corrected chi connectivity index (χ4v) is 1.78. The Morgan fingerprint density at radius 2 is 1.95 bits per heavy atom. The molecule has 0 amide bonds. The van der Waals surface area contributed by atoms with E-state index in [1.807, 2.05) is 0 Å². The average Bonchev–Trinajstić information content (AvgIpc) is 2.81. The van der Waals surface area contributed by atoms with Crippen LogP contribution in [0.3, 0.4) is 0 Å². The van der Waals surface area contributed by atoms with Crippen molar-refractivity contribution < 1.29 is 27.8 Å². The van der Waals surface area contributed by atoms with E-state index in [4.69, 9.17) is 5.11 Å². The van der Waals surface area contributed by atoms with Crippen LogP contribution in [0.25, 0.3) is 5.69 Å². The van der Waals surface area contributed by atoms with E-state index in [0.717, 1.165) is 12.1 Å². The Hall–Kier alpha value is -2.58. The summed E-state index contributed by atoms with van der Waals surface area (Å²) in [5.41, 5.74) is 0.557. The largest absolute Gasteiger partial charge is 0.573 e. The lowest BCUT2D eigenvalue weighted by atomic mass is 10.2. The number of benzene rings is 1. The van der Waals surface area contributed by atoms with Crippen LogP contribution in [-0.2, 0) is 6.42 Å². The van der Waals surface area contributed by atoms with Gasteiger partial charge in [-0.05, 0) is 30.7 Å². The van der Waals surface area contributed by atoms with Gasteiger partial charge in [-0.2, -0.15) is 0 Å². The van der Waals surface area contributed by atoms with Crippen LogP contribution < -0.4 is 4.74 Å². The number of hydrogen-bond acceptors (Lipinski definition) is 4. The van der Waals surface area contributed by atoms with Crippen LogP contribution in [-0.4, -0.2) is 32.4 Å². The zero-order valence-corrected chi connectivity index (χ0v) is 10.8. The molecule has 112 valence electrons. The van der Waals surface area contributed by atoms with E-state index in [1.54, 1.807) is 6.92 Å². The summed E-state index contributed by atoms with van der Waals surface area (Å²) >= 11 is 0. The van der Waals surface area contributed by atoms with E-state index in [-0.39, 0.29) is 11.4 Å². The molecule has 1 N–H and O–H groups in total. The lowest BCUT2D eigenvalue weighted by Gasteiger charge is -2.10. The summed E-state index contributed by atoms with van der Waals surface area (Å²) in [7, 11) is 0. The van der Waals surface area contributed by atoms with E-state index in [2.05, 4.69) is 15.0 Å². The molecule has 0 aliphatic heterocycles. The molecule has 1 aromatic carbocycles. The first-order valence-electron chi connectivity index (χ1n) is 5.86. The summed E-state index contributed by atoms with van der Waals surface area (Å²) in [6.07, 6.45) is -4.41. The quantitative estimate of drug-likeness (QED) is 0.938. The van der Waals surface area contributed by atoms with Crippen molar-refractivity contribution in [1.29, 1.82) is 0 Å². The third kappa shape index (κ3) is 3.30. The molecule has 0 bridgehead atoms. The molecule has 0 saturated carbocycles. The van der Waals surface area contributed by atoms with Crippen molar-refractivity contribution in [2.45, 2.75) is 19.7 Å². The van der Waals surface area contributed by atoms with E-state index in [9.17, 15) is 18.0 Å². The summed E-state index contributed by atoms with van der Waals surface area (Å²) in [6.45, 7) is 1.72. The van der Waals surface area contributed by atoms with E-state index in [0.29, 0.717) is 17.8 Å². The van der Waals surface area contributed by atoms with Crippen molar-refractivity contribution >= 4 is 5.97 Å². The summed E-state index contributed by atoms with van der Waals surface area (Å²) < 4.78 is 41.2. The highest BCUT2D eigenvalue weighted by Gasteiger charge is 2.31. The van der Waals surface area contributed by atoms with Gasteiger partial charge in [0, 0.05) is 0 Å². The Kier molecular flexibility index (Phi) is 3.83. The molecule has 6 nitrogen and oxygen atoms in total. The number of alkyl halides is 3. The first-order valence-corrected chi connectivity index (χ1v) is 5.86. The predicted molar refractivity (Wildman–Crippen MR) is 64.4 cm³/mol. The third-order valence-corrected chi connectivity index (χ3v) is 2.62. The van der Waals surface area contributed by atoms with Gasteiger partial charge >= 0.3 is 12.3 Å².